The Balaban J connectivity index is 0.00000420. The van der Waals surface area contributed by atoms with Gasteiger partial charge in [0.1, 0.15) is 24.4 Å². The van der Waals surface area contributed by atoms with Crippen LogP contribution in [0.3, 0.4) is 0 Å². The molecule has 222 valence electrons. The minimum Gasteiger partial charge on any atom is -0.442 e. The molecule has 0 aromatic heterocycles. The van der Waals surface area contributed by atoms with Crippen molar-refractivity contribution in [2.45, 2.75) is 122 Å². The lowest BCUT2D eigenvalue weighted by Crippen LogP contribution is -2.48. The molecule has 39 heavy (non-hydrogen) atoms. The molecule has 0 saturated carbocycles. The van der Waals surface area contributed by atoms with Gasteiger partial charge in [0.25, 0.3) is 0 Å². The quantitative estimate of drug-likeness (QED) is 0.291. The second kappa shape index (κ2) is 15.5. The van der Waals surface area contributed by atoms with E-state index in [1.165, 1.54) is 32.1 Å². The topological polar surface area (TPSA) is 78.5 Å². The van der Waals surface area contributed by atoms with Crippen molar-refractivity contribution in [2.75, 3.05) is 31.6 Å². The summed E-state index contributed by atoms with van der Waals surface area (Å²) in [5.74, 6) is -0.753. The number of anilines is 1. The SMILES string of the molecule is CCCCCCCO[C@H]1O[C@H](C(CN2CCCCCC2)OC(=O)Nc2ccc(C)cc2)[C@@H]2OC(C)(C)O[C@H]12.Cl. The molecule has 3 saturated heterocycles. The highest BCUT2D eigenvalue weighted by Crippen LogP contribution is 2.41. The molecule has 1 aromatic carbocycles. The molecular weight excluding hydrogens is 520 g/mol. The summed E-state index contributed by atoms with van der Waals surface area (Å²) in [6, 6.07) is 7.68. The molecule has 1 amide bonds. The van der Waals surface area contributed by atoms with Crippen molar-refractivity contribution < 1.29 is 28.5 Å². The van der Waals surface area contributed by atoms with Gasteiger partial charge in [-0.05, 0) is 65.3 Å². The number of halogens is 1. The fourth-order valence-electron chi connectivity index (χ4n) is 5.63. The van der Waals surface area contributed by atoms with E-state index in [2.05, 4.69) is 17.1 Å². The van der Waals surface area contributed by atoms with Gasteiger partial charge in [-0.1, -0.05) is 63.1 Å². The van der Waals surface area contributed by atoms with Gasteiger partial charge in [0.15, 0.2) is 12.1 Å². The molecule has 3 aliphatic rings. The molecule has 5 atom stereocenters. The van der Waals surface area contributed by atoms with Crippen molar-refractivity contribution in [3.63, 3.8) is 0 Å². The number of ether oxygens (including phenoxy) is 5. The molecule has 0 bridgehead atoms. The number of hydrogen-bond acceptors (Lipinski definition) is 7. The van der Waals surface area contributed by atoms with Gasteiger partial charge >= 0.3 is 6.09 Å². The van der Waals surface area contributed by atoms with Gasteiger partial charge in [-0.15, -0.1) is 12.4 Å². The van der Waals surface area contributed by atoms with Crippen LogP contribution in [0.2, 0.25) is 0 Å². The Morgan fingerprint density at radius 1 is 1.03 bits per heavy atom. The van der Waals surface area contributed by atoms with Gasteiger partial charge in [-0.2, -0.15) is 0 Å². The summed E-state index contributed by atoms with van der Waals surface area (Å²) >= 11 is 0. The number of unbranched alkanes of at least 4 members (excludes halogenated alkanes) is 4. The second-order valence-electron chi connectivity index (χ2n) is 11.5. The average molecular weight is 569 g/mol. The number of amides is 1. The number of fused-ring (bicyclic) bond motifs is 1. The maximum Gasteiger partial charge on any atom is 0.412 e. The third kappa shape index (κ3) is 9.58. The monoisotopic (exact) mass is 568 g/mol. The Kier molecular flexibility index (Phi) is 12.8. The number of nitrogens with zero attached hydrogens (tertiary/aromatic N) is 1. The van der Waals surface area contributed by atoms with Gasteiger partial charge in [0.05, 0.1) is 0 Å². The van der Waals surface area contributed by atoms with Crippen molar-refractivity contribution in [3.8, 4) is 0 Å². The van der Waals surface area contributed by atoms with Crippen LogP contribution in [0.15, 0.2) is 24.3 Å². The van der Waals surface area contributed by atoms with Crippen LogP contribution in [0, 0.1) is 6.92 Å². The van der Waals surface area contributed by atoms with E-state index in [9.17, 15) is 4.79 Å². The van der Waals surface area contributed by atoms with Crippen LogP contribution in [0.5, 0.6) is 0 Å². The van der Waals surface area contributed by atoms with Crippen LogP contribution < -0.4 is 5.32 Å². The first-order valence-electron chi connectivity index (χ1n) is 14.7. The summed E-state index contributed by atoms with van der Waals surface area (Å²) in [5.41, 5.74) is 1.83. The molecular formula is C30H49ClN2O6. The van der Waals surface area contributed by atoms with E-state index < -0.39 is 30.4 Å². The van der Waals surface area contributed by atoms with Crippen molar-refractivity contribution in [2.24, 2.45) is 0 Å². The summed E-state index contributed by atoms with van der Waals surface area (Å²) in [4.78, 5) is 15.4. The van der Waals surface area contributed by atoms with E-state index in [1.54, 1.807) is 0 Å². The van der Waals surface area contributed by atoms with Crippen LogP contribution in [0.25, 0.3) is 0 Å². The fourth-order valence-corrected chi connectivity index (χ4v) is 5.63. The zero-order valence-electron chi connectivity index (χ0n) is 24.2. The maximum atomic E-state index is 13.1. The number of benzene rings is 1. The van der Waals surface area contributed by atoms with Crippen LogP contribution in [-0.4, -0.2) is 73.7 Å². The second-order valence-corrected chi connectivity index (χ2v) is 11.5. The van der Waals surface area contributed by atoms with E-state index in [-0.39, 0.29) is 24.6 Å². The number of rotatable bonds is 12. The summed E-state index contributed by atoms with van der Waals surface area (Å²) in [6.07, 6.45) is 7.79. The number of carbonyl (C=O) groups excluding carboxylic acids is 1. The summed E-state index contributed by atoms with van der Waals surface area (Å²) < 4.78 is 31.3. The molecule has 1 N–H and O–H groups in total. The first-order chi connectivity index (χ1) is 18.3. The summed E-state index contributed by atoms with van der Waals surface area (Å²) in [7, 11) is 0. The number of hydrogen-bond donors (Lipinski definition) is 1. The zero-order valence-corrected chi connectivity index (χ0v) is 25.0. The predicted octanol–water partition coefficient (Wildman–Crippen LogP) is 6.44. The maximum absolute atomic E-state index is 13.1. The number of likely N-dealkylation sites (tertiary alicyclic amines) is 1. The first kappa shape index (κ1) is 32.1. The van der Waals surface area contributed by atoms with Gasteiger partial charge in [-0.3, -0.25) is 10.2 Å². The van der Waals surface area contributed by atoms with Gasteiger partial charge in [0, 0.05) is 18.8 Å². The summed E-state index contributed by atoms with van der Waals surface area (Å²) in [6.45, 7) is 11.2. The zero-order chi connectivity index (χ0) is 27.0. The molecule has 1 unspecified atom stereocenters. The van der Waals surface area contributed by atoms with Gasteiger partial charge in [-0.25, -0.2) is 4.79 Å². The van der Waals surface area contributed by atoms with Crippen LogP contribution in [0.4, 0.5) is 10.5 Å². The normalized spacial score (nSPS) is 27.3. The van der Waals surface area contributed by atoms with Crippen molar-refractivity contribution in [3.05, 3.63) is 29.8 Å². The number of aryl methyl sites for hydroxylation is 1. The molecule has 3 heterocycles. The van der Waals surface area contributed by atoms with Crippen LogP contribution >= 0.6 is 12.4 Å². The Hall–Kier alpha value is -1.42. The molecule has 0 spiro atoms. The molecule has 8 nitrogen and oxygen atoms in total. The van der Waals surface area contributed by atoms with E-state index >= 15 is 0 Å². The van der Waals surface area contributed by atoms with E-state index in [0.717, 1.165) is 44.3 Å². The minimum atomic E-state index is -0.753. The highest BCUT2D eigenvalue weighted by atomic mass is 35.5. The number of carbonyl (C=O) groups is 1. The predicted molar refractivity (Wildman–Crippen MR) is 154 cm³/mol. The third-order valence-corrected chi connectivity index (χ3v) is 7.64. The van der Waals surface area contributed by atoms with Crippen molar-refractivity contribution in [1.82, 2.24) is 4.90 Å². The highest BCUT2D eigenvalue weighted by Gasteiger charge is 2.58. The Labute approximate surface area is 240 Å². The van der Waals surface area contributed by atoms with Crippen molar-refractivity contribution in [1.29, 1.82) is 0 Å². The van der Waals surface area contributed by atoms with Crippen molar-refractivity contribution >= 4 is 24.2 Å². The van der Waals surface area contributed by atoms with E-state index in [0.29, 0.717) is 18.8 Å². The van der Waals surface area contributed by atoms with Gasteiger partial charge in [0.2, 0.25) is 0 Å². The Morgan fingerprint density at radius 2 is 1.69 bits per heavy atom. The van der Waals surface area contributed by atoms with Gasteiger partial charge < -0.3 is 23.7 Å². The smallest absolute Gasteiger partial charge is 0.412 e. The molecule has 1 aromatic rings. The Morgan fingerprint density at radius 3 is 2.38 bits per heavy atom. The Bertz CT molecular complexity index is 862. The first-order valence-corrected chi connectivity index (χ1v) is 14.7. The third-order valence-electron chi connectivity index (χ3n) is 7.64. The highest BCUT2D eigenvalue weighted by molar-refractivity contribution is 5.85. The molecule has 4 rings (SSSR count). The lowest BCUT2D eigenvalue weighted by atomic mass is 10.0. The largest absolute Gasteiger partial charge is 0.442 e. The minimum absolute atomic E-state index is 0. The fraction of sp³-hybridized carbons (Fsp3) is 0.767. The average Bonchev–Trinajstić information content (AvgIpc) is 3.22. The molecule has 3 fully saturated rings. The van der Waals surface area contributed by atoms with E-state index in [1.807, 2.05) is 45.0 Å². The molecule has 9 heteroatoms. The van der Waals surface area contributed by atoms with E-state index in [4.69, 9.17) is 23.7 Å². The summed E-state index contributed by atoms with van der Waals surface area (Å²) in [5, 5.41) is 2.88. The molecule has 0 aliphatic carbocycles. The molecule has 0 radical (unpaired) electrons. The standard InChI is InChI=1S/C30H48N2O6.ClH/c1-5-6-7-10-13-20-34-28-27-26(37-30(3,4)38-27)25(36-28)24(21-32-18-11-8-9-12-19-32)35-29(33)31-23-16-14-22(2)15-17-23;/h14-17,24-28H,5-13,18-21H2,1-4H3,(H,31,33);1H/t24?,25-,26+,27+,28+;/m1./s1. The number of nitrogens with one attached hydrogen (secondary N) is 1. The van der Waals surface area contributed by atoms with Crippen LogP contribution in [0.1, 0.15) is 84.1 Å². The van der Waals surface area contributed by atoms with Crippen LogP contribution in [-0.2, 0) is 23.7 Å². The molecule has 3 aliphatic heterocycles. The lowest BCUT2D eigenvalue weighted by molar-refractivity contribution is -0.243. The lowest BCUT2D eigenvalue weighted by Gasteiger charge is -2.32.